The Bertz CT molecular complexity index is 619. The minimum Gasteiger partial charge on any atom is -0.348 e. The summed E-state index contributed by atoms with van der Waals surface area (Å²) in [6.45, 7) is 0.211. The maximum atomic E-state index is 12.5. The molecule has 0 bridgehead atoms. The van der Waals surface area contributed by atoms with Crippen molar-refractivity contribution in [3.63, 3.8) is 0 Å². The zero-order chi connectivity index (χ0) is 14.8. The van der Waals surface area contributed by atoms with Crippen LogP contribution in [0, 0.1) is 0 Å². The fraction of sp³-hybridized carbons (Fsp3) is 0.231. The van der Waals surface area contributed by atoms with Gasteiger partial charge in [0.25, 0.3) is 5.91 Å². The number of carbonyl (C=O) groups excluding carboxylic acids is 1. The summed E-state index contributed by atoms with van der Waals surface area (Å²) in [5.74, 6) is -0.556. The molecule has 0 aliphatic heterocycles. The number of halogens is 3. The van der Waals surface area contributed by atoms with E-state index < -0.39 is 17.6 Å². The van der Waals surface area contributed by atoms with Crippen LogP contribution in [-0.2, 0) is 19.8 Å². The third-order valence-electron chi connectivity index (χ3n) is 2.66. The van der Waals surface area contributed by atoms with Crippen molar-refractivity contribution in [1.29, 1.82) is 0 Å². The molecule has 0 atom stereocenters. The molecule has 2 rings (SSSR count). The van der Waals surface area contributed by atoms with E-state index in [0.29, 0.717) is 0 Å². The number of aryl methyl sites for hydroxylation is 1. The number of amides is 1. The first-order valence-electron chi connectivity index (χ1n) is 5.79. The molecule has 0 spiro atoms. The van der Waals surface area contributed by atoms with Crippen molar-refractivity contribution in [3.05, 3.63) is 53.3 Å². The van der Waals surface area contributed by atoms with Crippen molar-refractivity contribution < 1.29 is 18.0 Å². The largest absolute Gasteiger partial charge is 0.416 e. The van der Waals surface area contributed by atoms with Crippen LogP contribution in [0.25, 0.3) is 0 Å². The molecule has 2 aromatic rings. The van der Waals surface area contributed by atoms with Gasteiger partial charge in [-0.15, -0.1) is 0 Å². The molecule has 0 aliphatic carbocycles. The first kappa shape index (κ1) is 14.1. The Balaban J connectivity index is 2.06. The first-order chi connectivity index (χ1) is 9.36. The maximum Gasteiger partial charge on any atom is 0.416 e. The number of alkyl halides is 3. The van der Waals surface area contributed by atoms with Gasteiger partial charge in [0, 0.05) is 30.9 Å². The summed E-state index contributed by atoms with van der Waals surface area (Å²) < 4.78 is 39.2. The van der Waals surface area contributed by atoms with Crippen molar-refractivity contribution in [3.8, 4) is 0 Å². The Morgan fingerprint density at radius 3 is 2.75 bits per heavy atom. The standard InChI is InChI=1S/C13H12F3N3O/c1-19-8-9(7-18-19)6-17-12(20)10-3-2-4-11(5-10)13(14,15)16/h2-5,7-8H,6H2,1H3,(H,17,20). The van der Waals surface area contributed by atoms with Crippen LogP contribution in [0.1, 0.15) is 21.5 Å². The molecule has 0 saturated heterocycles. The molecule has 0 radical (unpaired) electrons. The van der Waals surface area contributed by atoms with Gasteiger partial charge in [0.05, 0.1) is 11.8 Å². The van der Waals surface area contributed by atoms with E-state index in [1.807, 2.05) is 0 Å². The van der Waals surface area contributed by atoms with E-state index in [0.717, 1.165) is 17.7 Å². The number of rotatable bonds is 3. The van der Waals surface area contributed by atoms with E-state index in [1.165, 1.54) is 12.1 Å². The van der Waals surface area contributed by atoms with Gasteiger partial charge in [-0.25, -0.2) is 0 Å². The van der Waals surface area contributed by atoms with E-state index in [9.17, 15) is 18.0 Å². The lowest BCUT2D eigenvalue weighted by Crippen LogP contribution is -2.23. The summed E-state index contributed by atoms with van der Waals surface area (Å²) in [4.78, 5) is 11.8. The Morgan fingerprint density at radius 1 is 1.40 bits per heavy atom. The maximum absolute atomic E-state index is 12.5. The molecule has 1 N–H and O–H groups in total. The third kappa shape index (κ3) is 3.37. The molecule has 0 aliphatic rings. The van der Waals surface area contributed by atoms with Gasteiger partial charge >= 0.3 is 6.18 Å². The minimum atomic E-state index is -4.46. The lowest BCUT2D eigenvalue weighted by atomic mass is 10.1. The molecule has 4 nitrogen and oxygen atoms in total. The minimum absolute atomic E-state index is 0.0243. The topological polar surface area (TPSA) is 46.9 Å². The van der Waals surface area contributed by atoms with Gasteiger partial charge < -0.3 is 5.32 Å². The van der Waals surface area contributed by atoms with Crippen LogP contribution in [0.2, 0.25) is 0 Å². The van der Waals surface area contributed by atoms with Crippen LogP contribution in [0.3, 0.4) is 0 Å². The van der Waals surface area contributed by atoms with Gasteiger partial charge in [-0.1, -0.05) is 6.07 Å². The second-order valence-electron chi connectivity index (χ2n) is 4.28. The fourth-order valence-corrected chi connectivity index (χ4v) is 1.68. The quantitative estimate of drug-likeness (QED) is 0.940. The van der Waals surface area contributed by atoms with Crippen molar-refractivity contribution >= 4 is 5.91 Å². The number of benzene rings is 1. The van der Waals surface area contributed by atoms with Crippen LogP contribution in [0.4, 0.5) is 13.2 Å². The molecule has 0 unspecified atom stereocenters. The lowest BCUT2D eigenvalue weighted by molar-refractivity contribution is -0.137. The predicted octanol–water partition coefficient (Wildman–Crippen LogP) is 2.37. The molecule has 1 aromatic carbocycles. The van der Waals surface area contributed by atoms with Crippen LogP contribution >= 0.6 is 0 Å². The average Bonchev–Trinajstić information content (AvgIpc) is 2.81. The Labute approximate surface area is 113 Å². The molecular weight excluding hydrogens is 271 g/mol. The zero-order valence-electron chi connectivity index (χ0n) is 10.6. The summed E-state index contributed by atoms with van der Waals surface area (Å²) in [6, 6.07) is 4.31. The van der Waals surface area contributed by atoms with Crippen molar-refractivity contribution in [2.75, 3.05) is 0 Å². The molecule has 1 amide bonds. The van der Waals surface area contributed by atoms with Crippen molar-refractivity contribution in [1.82, 2.24) is 15.1 Å². The highest BCUT2D eigenvalue weighted by Crippen LogP contribution is 2.29. The number of carbonyl (C=O) groups is 1. The van der Waals surface area contributed by atoms with Crippen molar-refractivity contribution in [2.24, 2.45) is 7.05 Å². The van der Waals surface area contributed by atoms with Crippen LogP contribution in [0.15, 0.2) is 36.7 Å². The molecular formula is C13H12F3N3O. The molecule has 7 heteroatoms. The van der Waals surface area contributed by atoms with Crippen molar-refractivity contribution in [2.45, 2.75) is 12.7 Å². The van der Waals surface area contributed by atoms with E-state index in [2.05, 4.69) is 10.4 Å². The number of nitrogens with zero attached hydrogens (tertiary/aromatic N) is 2. The van der Waals surface area contributed by atoms with Gasteiger partial charge in [0.15, 0.2) is 0 Å². The van der Waals surface area contributed by atoms with E-state index in [1.54, 1.807) is 24.1 Å². The highest BCUT2D eigenvalue weighted by atomic mass is 19.4. The predicted molar refractivity (Wildman–Crippen MR) is 65.8 cm³/mol. The van der Waals surface area contributed by atoms with Crippen LogP contribution < -0.4 is 5.32 Å². The van der Waals surface area contributed by atoms with E-state index >= 15 is 0 Å². The van der Waals surface area contributed by atoms with E-state index in [4.69, 9.17) is 0 Å². The highest BCUT2D eigenvalue weighted by molar-refractivity contribution is 5.94. The third-order valence-corrected chi connectivity index (χ3v) is 2.66. The fourth-order valence-electron chi connectivity index (χ4n) is 1.68. The van der Waals surface area contributed by atoms with Crippen LogP contribution in [-0.4, -0.2) is 15.7 Å². The Morgan fingerprint density at radius 2 is 2.15 bits per heavy atom. The molecule has 1 heterocycles. The van der Waals surface area contributed by atoms with Gasteiger partial charge in [-0.2, -0.15) is 18.3 Å². The first-order valence-corrected chi connectivity index (χ1v) is 5.79. The number of aromatic nitrogens is 2. The summed E-state index contributed by atoms with van der Waals surface area (Å²) in [7, 11) is 1.73. The second kappa shape index (κ2) is 5.36. The van der Waals surface area contributed by atoms with Gasteiger partial charge in [0.2, 0.25) is 0 Å². The molecule has 0 fully saturated rings. The molecule has 20 heavy (non-hydrogen) atoms. The average molecular weight is 283 g/mol. The molecule has 1 aromatic heterocycles. The van der Waals surface area contributed by atoms with E-state index in [-0.39, 0.29) is 12.1 Å². The lowest BCUT2D eigenvalue weighted by Gasteiger charge is -2.08. The monoisotopic (exact) mass is 283 g/mol. The Hall–Kier alpha value is -2.31. The normalized spacial score (nSPS) is 11.4. The molecule has 0 saturated carbocycles. The van der Waals surface area contributed by atoms with Crippen LogP contribution in [0.5, 0.6) is 0 Å². The van der Waals surface area contributed by atoms with Gasteiger partial charge in [-0.05, 0) is 18.2 Å². The number of hydrogen-bond donors (Lipinski definition) is 1. The summed E-state index contributed by atoms with van der Waals surface area (Å²) in [5, 5.41) is 6.48. The SMILES string of the molecule is Cn1cc(CNC(=O)c2cccc(C(F)(F)F)c2)cn1. The number of hydrogen-bond acceptors (Lipinski definition) is 2. The number of nitrogens with one attached hydrogen (secondary N) is 1. The highest BCUT2D eigenvalue weighted by Gasteiger charge is 2.30. The summed E-state index contributed by atoms with van der Waals surface area (Å²) >= 11 is 0. The summed E-state index contributed by atoms with van der Waals surface area (Å²) in [5.41, 5.74) is -0.0944. The molecule has 106 valence electrons. The summed E-state index contributed by atoms with van der Waals surface area (Å²) in [6.07, 6.45) is -1.17. The van der Waals surface area contributed by atoms with Gasteiger partial charge in [-0.3, -0.25) is 9.48 Å². The second-order valence-corrected chi connectivity index (χ2v) is 4.28. The Kier molecular flexibility index (Phi) is 3.78. The zero-order valence-corrected chi connectivity index (χ0v) is 10.6. The van der Waals surface area contributed by atoms with Gasteiger partial charge in [0.1, 0.15) is 0 Å². The smallest absolute Gasteiger partial charge is 0.348 e.